The van der Waals surface area contributed by atoms with Crippen molar-refractivity contribution in [3.63, 3.8) is 0 Å². The first-order valence-electron chi connectivity index (χ1n) is 7.23. The molecule has 1 saturated heterocycles. The van der Waals surface area contributed by atoms with Gasteiger partial charge in [-0.3, -0.25) is 9.89 Å². The average molecular weight is 262 g/mol. The van der Waals surface area contributed by atoms with E-state index in [2.05, 4.69) is 26.6 Å². The lowest BCUT2D eigenvalue weighted by Gasteiger charge is -2.27. The monoisotopic (exact) mass is 262 g/mol. The smallest absolute Gasteiger partial charge is 0.191 e. The van der Waals surface area contributed by atoms with Crippen LogP contribution in [0.2, 0.25) is 0 Å². The summed E-state index contributed by atoms with van der Waals surface area (Å²) in [4.78, 5) is 6.95. The number of nitrogens with zero attached hydrogens (tertiary/aromatic N) is 2. The number of nitrogens with one attached hydrogen (secondary N) is 2. The predicted molar refractivity (Wildman–Crippen MR) is 75.2 cm³/mol. The van der Waals surface area contributed by atoms with Crippen LogP contribution in [-0.4, -0.2) is 43.6 Å². The van der Waals surface area contributed by atoms with Crippen molar-refractivity contribution >= 4 is 5.96 Å². The first-order chi connectivity index (χ1) is 9.43. The van der Waals surface area contributed by atoms with Crippen molar-refractivity contribution in [3.8, 4) is 0 Å². The van der Waals surface area contributed by atoms with Crippen LogP contribution in [0.5, 0.6) is 0 Å². The number of hydrogen-bond donors (Lipinski definition) is 2. The van der Waals surface area contributed by atoms with Gasteiger partial charge in [0.15, 0.2) is 5.96 Å². The van der Waals surface area contributed by atoms with Crippen LogP contribution >= 0.6 is 0 Å². The van der Waals surface area contributed by atoms with Crippen LogP contribution < -0.4 is 10.6 Å². The van der Waals surface area contributed by atoms with Crippen molar-refractivity contribution in [2.45, 2.75) is 25.3 Å². The zero-order valence-electron chi connectivity index (χ0n) is 11.3. The summed E-state index contributed by atoms with van der Waals surface area (Å²) in [5.74, 6) is 1.98. The predicted octanol–water partition coefficient (Wildman–Crippen LogP) is 1.36. The summed E-state index contributed by atoms with van der Waals surface area (Å²) in [6.45, 7) is 5.10. The SMILES string of the molecule is c1coc(C(CNC2=NCCCN2)N2CCCC2)c1. The van der Waals surface area contributed by atoms with E-state index >= 15 is 0 Å². The van der Waals surface area contributed by atoms with Crippen molar-refractivity contribution < 1.29 is 4.42 Å². The van der Waals surface area contributed by atoms with Crippen LogP contribution in [-0.2, 0) is 0 Å². The number of guanidine groups is 1. The van der Waals surface area contributed by atoms with E-state index in [0.717, 1.165) is 50.9 Å². The Morgan fingerprint density at radius 1 is 1.37 bits per heavy atom. The summed E-state index contributed by atoms with van der Waals surface area (Å²) in [7, 11) is 0. The van der Waals surface area contributed by atoms with Gasteiger partial charge in [0, 0.05) is 19.6 Å². The second-order valence-corrected chi connectivity index (χ2v) is 5.17. The summed E-state index contributed by atoms with van der Waals surface area (Å²) in [5, 5.41) is 6.72. The lowest BCUT2D eigenvalue weighted by molar-refractivity contribution is 0.215. The molecule has 104 valence electrons. The minimum Gasteiger partial charge on any atom is -0.468 e. The molecule has 0 aliphatic carbocycles. The fourth-order valence-electron chi connectivity index (χ4n) is 2.79. The lowest BCUT2D eigenvalue weighted by Crippen LogP contribution is -2.44. The van der Waals surface area contributed by atoms with Crippen molar-refractivity contribution in [3.05, 3.63) is 24.2 Å². The highest BCUT2D eigenvalue weighted by molar-refractivity contribution is 5.80. The van der Waals surface area contributed by atoms with Gasteiger partial charge in [-0.15, -0.1) is 0 Å². The van der Waals surface area contributed by atoms with E-state index < -0.39 is 0 Å². The summed E-state index contributed by atoms with van der Waals surface area (Å²) in [6, 6.07) is 4.35. The molecule has 1 aromatic heterocycles. The molecule has 5 nitrogen and oxygen atoms in total. The Hall–Kier alpha value is -1.49. The molecule has 1 fully saturated rings. The fraction of sp³-hybridized carbons (Fsp3) is 0.643. The molecule has 0 amide bonds. The van der Waals surface area contributed by atoms with Gasteiger partial charge in [0.1, 0.15) is 5.76 Å². The standard InChI is InChI=1S/C14H22N4O/c1-2-9-18(8-1)12(13-5-3-10-19-13)11-17-14-15-6-4-7-16-14/h3,5,10,12H,1-2,4,6-9,11H2,(H2,15,16,17). The Morgan fingerprint density at radius 2 is 2.26 bits per heavy atom. The summed E-state index contributed by atoms with van der Waals surface area (Å²) < 4.78 is 5.61. The normalized spacial score (nSPS) is 21.8. The van der Waals surface area contributed by atoms with Gasteiger partial charge in [0.25, 0.3) is 0 Å². The number of rotatable bonds is 4. The van der Waals surface area contributed by atoms with Crippen molar-refractivity contribution in [1.82, 2.24) is 15.5 Å². The maximum atomic E-state index is 5.61. The molecule has 5 heteroatoms. The third-order valence-electron chi connectivity index (χ3n) is 3.81. The van der Waals surface area contributed by atoms with E-state index in [1.54, 1.807) is 6.26 Å². The molecule has 1 atom stereocenters. The van der Waals surface area contributed by atoms with Gasteiger partial charge in [0.05, 0.1) is 12.3 Å². The van der Waals surface area contributed by atoms with Crippen molar-refractivity contribution in [2.24, 2.45) is 4.99 Å². The average Bonchev–Trinajstić information content (AvgIpc) is 3.13. The van der Waals surface area contributed by atoms with Gasteiger partial charge in [-0.25, -0.2) is 0 Å². The number of likely N-dealkylation sites (tertiary alicyclic amines) is 1. The van der Waals surface area contributed by atoms with Gasteiger partial charge in [0.2, 0.25) is 0 Å². The van der Waals surface area contributed by atoms with Gasteiger partial charge >= 0.3 is 0 Å². The third kappa shape index (κ3) is 3.10. The second-order valence-electron chi connectivity index (χ2n) is 5.17. The highest BCUT2D eigenvalue weighted by Gasteiger charge is 2.25. The van der Waals surface area contributed by atoms with Crippen LogP contribution in [0.15, 0.2) is 27.8 Å². The molecule has 3 heterocycles. The zero-order valence-corrected chi connectivity index (χ0v) is 11.3. The van der Waals surface area contributed by atoms with Crippen molar-refractivity contribution in [1.29, 1.82) is 0 Å². The Morgan fingerprint density at radius 3 is 2.95 bits per heavy atom. The molecule has 2 aliphatic heterocycles. The topological polar surface area (TPSA) is 52.8 Å². The van der Waals surface area contributed by atoms with Crippen molar-refractivity contribution in [2.75, 3.05) is 32.7 Å². The second kappa shape index (κ2) is 6.10. The number of aliphatic imine (C=N–C) groups is 1. The van der Waals surface area contributed by atoms with E-state index in [-0.39, 0.29) is 0 Å². The Balaban J connectivity index is 1.63. The van der Waals surface area contributed by atoms with E-state index in [0.29, 0.717) is 6.04 Å². The number of furan rings is 1. The van der Waals surface area contributed by atoms with Crippen LogP contribution in [0, 0.1) is 0 Å². The zero-order chi connectivity index (χ0) is 12.9. The molecule has 0 radical (unpaired) electrons. The Bertz CT molecular complexity index is 409. The Labute approximate surface area is 114 Å². The molecule has 0 spiro atoms. The molecule has 0 bridgehead atoms. The minimum atomic E-state index is 0.309. The van der Waals surface area contributed by atoms with Gasteiger partial charge in [-0.05, 0) is 44.5 Å². The molecular formula is C14H22N4O. The molecule has 2 aliphatic rings. The van der Waals surface area contributed by atoms with Crippen LogP contribution in [0.3, 0.4) is 0 Å². The largest absolute Gasteiger partial charge is 0.468 e. The molecule has 1 aromatic rings. The Kier molecular flexibility index (Phi) is 4.03. The molecule has 1 unspecified atom stereocenters. The molecule has 2 N–H and O–H groups in total. The van der Waals surface area contributed by atoms with Crippen LogP contribution in [0.1, 0.15) is 31.1 Å². The van der Waals surface area contributed by atoms with Crippen LogP contribution in [0.4, 0.5) is 0 Å². The molecule has 0 aromatic carbocycles. The molecule has 0 saturated carbocycles. The van der Waals surface area contributed by atoms with Gasteiger partial charge in [-0.1, -0.05) is 0 Å². The maximum absolute atomic E-state index is 5.61. The van der Waals surface area contributed by atoms with E-state index in [1.807, 2.05) is 6.07 Å². The van der Waals surface area contributed by atoms with Gasteiger partial charge < -0.3 is 15.1 Å². The fourth-order valence-corrected chi connectivity index (χ4v) is 2.79. The van der Waals surface area contributed by atoms with Crippen LogP contribution in [0.25, 0.3) is 0 Å². The highest BCUT2D eigenvalue weighted by Crippen LogP contribution is 2.24. The molecule has 3 rings (SSSR count). The lowest BCUT2D eigenvalue weighted by atomic mass is 10.2. The number of hydrogen-bond acceptors (Lipinski definition) is 5. The van der Waals surface area contributed by atoms with E-state index in [4.69, 9.17) is 4.42 Å². The maximum Gasteiger partial charge on any atom is 0.191 e. The minimum absolute atomic E-state index is 0.309. The third-order valence-corrected chi connectivity index (χ3v) is 3.81. The molecule has 19 heavy (non-hydrogen) atoms. The molecular weight excluding hydrogens is 240 g/mol. The summed E-state index contributed by atoms with van der Waals surface area (Å²) in [5.41, 5.74) is 0. The summed E-state index contributed by atoms with van der Waals surface area (Å²) in [6.07, 6.45) is 5.46. The van der Waals surface area contributed by atoms with E-state index in [9.17, 15) is 0 Å². The quantitative estimate of drug-likeness (QED) is 0.860. The summed E-state index contributed by atoms with van der Waals surface area (Å²) >= 11 is 0. The highest BCUT2D eigenvalue weighted by atomic mass is 16.3. The first-order valence-corrected chi connectivity index (χ1v) is 7.23. The first kappa shape index (κ1) is 12.5. The van der Waals surface area contributed by atoms with Gasteiger partial charge in [-0.2, -0.15) is 0 Å². The van der Waals surface area contributed by atoms with E-state index in [1.165, 1.54) is 12.8 Å².